The molecule has 1 aromatic carbocycles. The Kier molecular flexibility index (Phi) is 5.65. The van der Waals surface area contributed by atoms with E-state index >= 15 is 0 Å². The molecule has 0 saturated heterocycles. The van der Waals surface area contributed by atoms with E-state index < -0.39 is 0 Å². The first-order valence-electron chi connectivity index (χ1n) is 5.80. The summed E-state index contributed by atoms with van der Waals surface area (Å²) < 4.78 is 1.10. The second kappa shape index (κ2) is 6.77. The van der Waals surface area contributed by atoms with Crippen LogP contribution in [0.25, 0.3) is 0 Å². The van der Waals surface area contributed by atoms with Gasteiger partial charge in [-0.3, -0.25) is 10.3 Å². The van der Waals surface area contributed by atoms with E-state index in [1.807, 2.05) is 12.1 Å². The first-order valence-corrected chi connectivity index (χ1v) is 6.59. The molecule has 3 nitrogen and oxygen atoms in total. The number of halogens is 1. The number of benzene rings is 1. The van der Waals surface area contributed by atoms with Crippen molar-refractivity contribution in [3.8, 4) is 0 Å². The van der Waals surface area contributed by atoms with Gasteiger partial charge in [-0.1, -0.05) is 35.0 Å². The lowest BCUT2D eigenvalue weighted by molar-refractivity contribution is 0.232. The average Bonchev–Trinajstić information content (AvgIpc) is 2.25. The molecular weight excluding hydrogens is 278 g/mol. The molecule has 0 saturated carbocycles. The molecule has 1 unspecified atom stereocenters. The fourth-order valence-corrected chi connectivity index (χ4v) is 2.36. The topological polar surface area (TPSA) is 53.1 Å². The van der Waals surface area contributed by atoms with Crippen molar-refractivity contribution < 1.29 is 0 Å². The molecule has 0 aliphatic rings. The maximum atomic E-state index is 7.38. The van der Waals surface area contributed by atoms with Crippen molar-refractivity contribution in [3.05, 3.63) is 34.3 Å². The maximum Gasteiger partial charge on any atom is 0.0921 e. The van der Waals surface area contributed by atoms with Gasteiger partial charge in [0.25, 0.3) is 0 Å². The summed E-state index contributed by atoms with van der Waals surface area (Å²) >= 11 is 3.47. The van der Waals surface area contributed by atoms with E-state index in [0.29, 0.717) is 12.5 Å². The van der Waals surface area contributed by atoms with Crippen molar-refractivity contribution in [3.63, 3.8) is 0 Å². The number of nitrogens with two attached hydrogens (primary N) is 1. The van der Waals surface area contributed by atoms with Crippen molar-refractivity contribution in [1.82, 2.24) is 4.90 Å². The summed E-state index contributed by atoms with van der Waals surface area (Å²) in [6.07, 6.45) is 1.64. The summed E-state index contributed by atoms with van der Waals surface area (Å²) in [7, 11) is 2.08. The number of hydrogen-bond donors (Lipinski definition) is 2. The Bertz CT molecular complexity index is 379. The van der Waals surface area contributed by atoms with E-state index in [0.717, 1.165) is 17.4 Å². The third-order valence-corrected chi connectivity index (χ3v) is 3.36. The van der Waals surface area contributed by atoms with Crippen LogP contribution in [0.4, 0.5) is 0 Å². The van der Waals surface area contributed by atoms with Crippen molar-refractivity contribution in [2.45, 2.75) is 32.4 Å². The van der Waals surface area contributed by atoms with Gasteiger partial charge in [0.1, 0.15) is 0 Å². The standard InChI is InChI=1S/C13H20BrN3/c1-3-12(8-13(15)16)17(2)9-10-5-4-6-11(14)7-10/h4-7,12H,3,8-9H2,1-2H3,(H3,15,16). The minimum Gasteiger partial charge on any atom is -0.388 e. The van der Waals surface area contributed by atoms with Gasteiger partial charge in [0.05, 0.1) is 5.84 Å². The zero-order valence-corrected chi connectivity index (χ0v) is 12.0. The zero-order chi connectivity index (χ0) is 12.8. The first-order chi connectivity index (χ1) is 8.02. The van der Waals surface area contributed by atoms with Gasteiger partial charge < -0.3 is 5.73 Å². The molecule has 1 atom stereocenters. The molecule has 0 radical (unpaired) electrons. The summed E-state index contributed by atoms with van der Waals surface area (Å²) in [6, 6.07) is 8.64. The Morgan fingerprint density at radius 3 is 2.76 bits per heavy atom. The van der Waals surface area contributed by atoms with Crippen molar-refractivity contribution in [1.29, 1.82) is 5.41 Å². The van der Waals surface area contributed by atoms with Crippen LogP contribution in [-0.2, 0) is 6.54 Å². The molecule has 0 spiro atoms. The minimum absolute atomic E-state index is 0.262. The molecule has 0 aromatic heterocycles. The summed E-state index contributed by atoms with van der Waals surface area (Å²) in [5, 5.41) is 7.38. The molecule has 0 fully saturated rings. The normalized spacial score (nSPS) is 12.7. The molecule has 3 N–H and O–H groups in total. The van der Waals surface area contributed by atoms with Crippen LogP contribution in [0.1, 0.15) is 25.3 Å². The van der Waals surface area contributed by atoms with Crippen molar-refractivity contribution in [2.24, 2.45) is 5.73 Å². The summed E-state index contributed by atoms with van der Waals surface area (Å²) in [6.45, 7) is 3.01. The molecule has 0 amide bonds. The van der Waals surface area contributed by atoms with E-state index in [-0.39, 0.29) is 5.84 Å². The maximum absolute atomic E-state index is 7.38. The quantitative estimate of drug-likeness (QED) is 0.626. The van der Waals surface area contributed by atoms with Gasteiger partial charge in [0, 0.05) is 23.5 Å². The largest absolute Gasteiger partial charge is 0.388 e. The fourth-order valence-electron chi connectivity index (χ4n) is 1.92. The lowest BCUT2D eigenvalue weighted by Gasteiger charge is -2.26. The highest BCUT2D eigenvalue weighted by Crippen LogP contribution is 2.15. The van der Waals surface area contributed by atoms with Gasteiger partial charge in [0.2, 0.25) is 0 Å². The fraction of sp³-hybridized carbons (Fsp3) is 0.462. The van der Waals surface area contributed by atoms with E-state index in [9.17, 15) is 0 Å². The first kappa shape index (κ1) is 14.2. The van der Waals surface area contributed by atoms with Gasteiger partial charge in [0.15, 0.2) is 0 Å². The van der Waals surface area contributed by atoms with Gasteiger partial charge >= 0.3 is 0 Å². The van der Waals surface area contributed by atoms with Gasteiger partial charge in [-0.2, -0.15) is 0 Å². The van der Waals surface area contributed by atoms with E-state index in [2.05, 4.69) is 46.9 Å². The minimum atomic E-state index is 0.262. The highest BCUT2D eigenvalue weighted by atomic mass is 79.9. The third-order valence-electron chi connectivity index (χ3n) is 2.87. The van der Waals surface area contributed by atoms with Crippen LogP contribution >= 0.6 is 15.9 Å². The van der Waals surface area contributed by atoms with Gasteiger partial charge in [-0.25, -0.2) is 0 Å². The Morgan fingerprint density at radius 1 is 1.53 bits per heavy atom. The van der Waals surface area contributed by atoms with Crippen LogP contribution in [0.2, 0.25) is 0 Å². The van der Waals surface area contributed by atoms with Crippen LogP contribution < -0.4 is 5.73 Å². The molecule has 17 heavy (non-hydrogen) atoms. The molecule has 0 aliphatic carbocycles. The highest BCUT2D eigenvalue weighted by molar-refractivity contribution is 9.10. The van der Waals surface area contributed by atoms with Gasteiger partial charge in [-0.15, -0.1) is 0 Å². The Hall–Kier alpha value is -0.870. The Morgan fingerprint density at radius 2 is 2.24 bits per heavy atom. The number of rotatable bonds is 6. The molecule has 0 aliphatic heterocycles. The summed E-state index contributed by atoms with van der Waals surface area (Å²) in [5.74, 6) is 0.262. The van der Waals surface area contributed by atoms with Crippen LogP contribution in [0.15, 0.2) is 28.7 Å². The predicted octanol–water partition coefficient (Wildman–Crippen LogP) is 2.99. The van der Waals surface area contributed by atoms with Crippen LogP contribution in [0, 0.1) is 5.41 Å². The summed E-state index contributed by atoms with van der Waals surface area (Å²) in [4.78, 5) is 2.25. The molecule has 0 bridgehead atoms. The lowest BCUT2D eigenvalue weighted by Crippen LogP contribution is -2.34. The van der Waals surface area contributed by atoms with Crippen LogP contribution in [-0.4, -0.2) is 23.8 Å². The van der Waals surface area contributed by atoms with Gasteiger partial charge in [-0.05, 0) is 31.2 Å². The average molecular weight is 298 g/mol. The van der Waals surface area contributed by atoms with Crippen molar-refractivity contribution >= 4 is 21.8 Å². The van der Waals surface area contributed by atoms with Crippen LogP contribution in [0.3, 0.4) is 0 Å². The molecule has 94 valence electrons. The lowest BCUT2D eigenvalue weighted by atomic mass is 10.1. The highest BCUT2D eigenvalue weighted by Gasteiger charge is 2.14. The smallest absolute Gasteiger partial charge is 0.0921 e. The second-order valence-corrected chi connectivity index (χ2v) is 5.25. The Balaban J connectivity index is 2.63. The second-order valence-electron chi connectivity index (χ2n) is 4.34. The SMILES string of the molecule is CCC(CC(=N)N)N(C)Cc1cccc(Br)c1. The third kappa shape index (κ3) is 4.88. The molecular formula is C13H20BrN3. The monoisotopic (exact) mass is 297 g/mol. The molecule has 1 rings (SSSR count). The van der Waals surface area contributed by atoms with Crippen LogP contribution in [0.5, 0.6) is 0 Å². The zero-order valence-electron chi connectivity index (χ0n) is 10.4. The van der Waals surface area contributed by atoms with E-state index in [1.165, 1.54) is 5.56 Å². The van der Waals surface area contributed by atoms with Crippen molar-refractivity contribution in [2.75, 3.05) is 7.05 Å². The van der Waals surface area contributed by atoms with E-state index in [1.54, 1.807) is 0 Å². The molecule has 0 heterocycles. The number of hydrogen-bond acceptors (Lipinski definition) is 2. The number of nitrogens with zero attached hydrogens (tertiary/aromatic N) is 1. The number of nitrogens with one attached hydrogen (secondary N) is 1. The predicted molar refractivity (Wildman–Crippen MR) is 76.2 cm³/mol. The number of amidine groups is 1. The molecule has 1 aromatic rings. The Labute approximate surface area is 112 Å². The summed E-state index contributed by atoms with van der Waals surface area (Å²) in [5.41, 5.74) is 6.74. The molecule has 4 heteroatoms. The van der Waals surface area contributed by atoms with E-state index in [4.69, 9.17) is 11.1 Å².